The van der Waals surface area contributed by atoms with Crippen molar-refractivity contribution in [2.45, 2.75) is 0 Å². The van der Waals surface area contributed by atoms with Crippen LogP contribution in [0.25, 0.3) is 0 Å². The van der Waals surface area contributed by atoms with E-state index in [1.54, 1.807) is 24.3 Å². The zero-order chi connectivity index (χ0) is 13.0. The molecule has 0 aliphatic carbocycles. The maximum Gasteiger partial charge on any atom is 0.271 e. The van der Waals surface area contributed by atoms with Gasteiger partial charge in [-0.2, -0.15) is 5.10 Å². The minimum absolute atomic E-state index is 0.0386. The van der Waals surface area contributed by atoms with E-state index in [0.29, 0.717) is 9.90 Å². The van der Waals surface area contributed by atoms with Gasteiger partial charge in [-0.25, -0.2) is 5.43 Å². The van der Waals surface area contributed by atoms with E-state index < -0.39 is 0 Å². The van der Waals surface area contributed by atoms with E-state index in [2.05, 4.69) is 10.5 Å². The summed E-state index contributed by atoms with van der Waals surface area (Å²) in [6.07, 6.45) is 1.51. The first-order chi connectivity index (χ1) is 8.65. The molecule has 1 aromatic carbocycles. The molecule has 18 heavy (non-hydrogen) atoms. The molecule has 6 heteroatoms. The Hall–Kier alpha value is -1.85. The number of rotatable bonds is 3. The van der Waals surface area contributed by atoms with Crippen LogP contribution < -0.4 is 5.43 Å². The number of hydrogen-bond acceptors (Lipinski definition) is 4. The number of halogens is 1. The molecule has 0 aliphatic rings. The van der Waals surface area contributed by atoms with Gasteiger partial charge < -0.3 is 5.11 Å². The van der Waals surface area contributed by atoms with Crippen molar-refractivity contribution in [1.29, 1.82) is 0 Å². The lowest BCUT2D eigenvalue weighted by atomic mass is 10.2. The quantitative estimate of drug-likeness (QED) is 0.671. The van der Waals surface area contributed by atoms with Crippen molar-refractivity contribution in [3.8, 4) is 5.75 Å². The largest absolute Gasteiger partial charge is 0.508 e. The Morgan fingerprint density at radius 1 is 1.39 bits per heavy atom. The first kappa shape index (κ1) is 12.6. The Labute approximate surface area is 113 Å². The molecule has 4 nitrogen and oxygen atoms in total. The normalized spacial score (nSPS) is 10.7. The van der Waals surface area contributed by atoms with Gasteiger partial charge in [-0.15, -0.1) is 11.3 Å². The van der Waals surface area contributed by atoms with Crippen LogP contribution in [0.3, 0.4) is 0 Å². The molecule has 1 aromatic heterocycles. The maximum absolute atomic E-state index is 11.6. The highest BCUT2D eigenvalue weighted by Crippen LogP contribution is 2.19. The first-order valence-electron chi connectivity index (χ1n) is 5.03. The van der Waals surface area contributed by atoms with Crippen LogP contribution >= 0.6 is 22.9 Å². The number of thiophene rings is 1. The predicted molar refractivity (Wildman–Crippen MR) is 72.5 cm³/mol. The molecule has 0 saturated carbocycles. The van der Waals surface area contributed by atoms with Crippen LogP contribution in [0.4, 0.5) is 0 Å². The number of nitrogens with one attached hydrogen (secondary N) is 1. The smallest absolute Gasteiger partial charge is 0.271 e. The van der Waals surface area contributed by atoms with Crippen molar-refractivity contribution in [3.63, 3.8) is 0 Å². The number of benzene rings is 1. The molecular formula is C12H9ClN2O2S. The number of nitrogens with zero attached hydrogens (tertiary/aromatic N) is 1. The molecule has 0 unspecified atom stereocenters. The van der Waals surface area contributed by atoms with Gasteiger partial charge in [0.1, 0.15) is 5.75 Å². The van der Waals surface area contributed by atoms with Crippen LogP contribution in [0.2, 0.25) is 4.34 Å². The zero-order valence-corrected chi connectivity index (χ0v) is 10.7. The minimum Gasteiger partial charge on any atom is -0.508 e. The number of carbonyl (C=O) groups excluding carboxylic acids is 1. The Kier molecular flexibility index (Phi) is 3.96. The number of hydrazone groups is 1. The van der Waals surface area contributed by atoms with Gasteiger partial charge in [-0.1, -0.05) is 17.7 Å². The Morgan fingerprint density at radius 3 is 2.89 bits per heavy atom. The average molecular weight is 281 g/mol. The lowest BCUT2D eigenvalue weighted by Gasteiger charge is -1.99. The van der Waals surface area contributed by atoms with Crippen LogP contribution in [0.5, 0.6) is 5.75 Å². The highest BCUT2D eigenvalue weighted by atomic mass is 35.5. The molecule has 92 valence electrons. The standard InChI is InChI=1S/C12H9ClN2O2S/c13-11-5-4-10(18-11)7-14-15-12(17)8-2-1-3-9(16)6-8/h1-7,16H,(H,15,17)/b14-7+. The van der Waals surface area contributed by atoms with Gasteiger partial charge in [-0.05, 0) is 30.3 Å². The average Bonchev–Trinajstić information content (AvgIpc) is 2.75. The molecular weight excluding hydrogens is 272 g/mol. The monoisotopic (exact) mass is 280 g/mol. The van der Waals surface area contributed by atoms with Crippen LogP contribution in [-0.2, 0) is 0 Å². The number of aromatic hydroxyl groups is 1. The second-order valence-electron chi connectivity index (χ2n) is 3.39. The molecule has 2 N–H and O–H groups in total. The van der Waals surface area contributed by atoms with E-state index in [9.17, 15) is 9.90 Å². The third kappa shape index (κ3) is 3.32. The first-order valence-corrected chi connectivity index (χ1v) is 6.22. The van der Waals surface area contributed by atoms with Crippen LogP contribution in [-0.4, -0.2) is 17.2 Å². The van der Waals surface area contributed by atoms with Gasteiger partial charge in [0.15, 0.2) is 0 Å². The van der Waals surface area contributed by atoms with E-state index >= 15 is 0 Å². The lowest BCUT2D eigenvalue weighted by Crippen LogP contribution is -2.17. The van der Waals surface area contributed by atoms with E-state index in [4.69, 9.17) is 11.6 Å². The number of phenolic OH excluding ortho intramolecular Hbond substituents is 1. The van der Waals surface area contributed by atoms with E-state index in [-0.39, 0.29) is 11.7 Å². The van der Waals surface area contributed by atoms with E-state index in [1.807, 2.05) is 0 Å². The van der Waals surface area contributed by atoms with Gasteiger partial charge in [0, 0.05) is 10.4 Å². The zero-order valence-electron chi connectivity index (χ0n) is 9.13. The Morgan fingerprint density at radius 2 is 2.22 bits per heavy atom. The molecule has 0 atom stereocenters. The summed E-state index contributed by atoms with van der Waals surface area (Å²) in [6.45, 7) is 0. The molecule has 2 rings (SSSR count). The van der Waals surface area contributed by atoms with Crippen LogP contribution in [0.15, 0.2) is 41.5 Å². The highest BCUT2D eigenvalue weighted by molar-refractivity contribution is 7.17. The second-order valence-corrected chi connectivity index (χ2v) is 5.14. The van der Waals surface area contributed by atoms with Crippen molar-refractivity contribution in [2.24, 2.45) is 5.10 Å². The summed E-state index contributed by atoms with van der Waals surface area (Å²) in [5, 5.41) is 13.0. The van der Waals surface area contributed by atoms with Crippen molar-refractivity contribution < 1.29 is 9.90 Å². The summed E-state index contributed by atoms with van der Waals surface area (Å²) in [7, 11) is 0. The molecule has 0 aliphatic heterocycles. The molecule has 0 saturated heterocycles. The molecule has 0 radical (unpaired) electrons. The van der Waals surface area contributed by atoms with E-state index in [0.717, 1.165) is 4.88 Å². The molecule has 0 spiro atoms. The van der Waals surface area contributed by atoms with Crippen LogP contribution in [0.1, 0.15) is 15.2 Å². The summed E-state index contributed by atoms with van der Waals surface area (Å²) in [4.78, 5) is 12.5. The van der Waals surface area contributed by atoms with Gasteiger partial charge in [-0.3, -0.25) is 4.79 Å². The SMILES string of the molecule is O=C(N/N=C/c1ccc(Cl)s1)c1cccc(O)c1. The lowest BCUT2D eigenvalue weighted by molar-refractivity contribution is 0.0954. The van der Waals surface area contributed by atoms with Gasteiger partial charge in [0.25, 0.3) is 5.91 Å². The fourth-order valence-corrected chi connectivity index (χ4v) is 2.20. The van der Waals surface area contributed by atoms with Crippen molar-refractivity contribution in [2.75, 3.05) is 0 Å². The number of amides is 1. The van der Waals surface area contributed by atoms with Crippen molar-refractivity contribution in [3.05, 3.63) is 51.2 Å². The topological polar surface area (TPSA) is 61.7 Å². The summed E-state index contributed by atoms with van der Waals surface area (Å²) < 4.78 is 0.663. The second kappa shape index (κ2) is 5.66. The Balaban J connectivity index is 1.98. The molecule has 0 fully saturated rings. The molecule has 1 heterocycles. The fraction of sp³-hybridized carbons (Fsp3) is 0. The van der Waals surface area contributed by atoms with Crippen LogP contribution in [0, 0.1) is 0 Å². The number of hydrogen-bond donors (Lipinski definition) is 2. The predicted octanol–water partition coefficient (Wildman–Crippen LogP) is 2.87. The number of carbonyl (C=O) groups is 1. The summed E-state index contributed by atoms with van der Waals surface area (Å²) in [5.74, 6) is -0.346. The molecule has 0 bridgehead atoms. The highest BCUT2D eigenvalue weighted by Gasteiger charge is 2.04. The van der Waals surface area contributed by atoms with Gasteiger partial charge >= 0.3 is 0 Å². The third-order valence-corrected chi connectivity index (χ3v) is 3.23. The van der Waals surface area contributed by atoms with E-state index in [1.165, 1.54) is 29.7 Å². The summed E-state index contributed by atoms with van der Waals surface area (Å²) in [6, 6.07) is 9.60. The maximum atomic E-state index is 11.6. The summed E-state index contributed by atoms with van der Waals surface area (Å²) in [5.41, 5.74) is 2.71. The third-order valence-electron chi connectivity index (χ3n) is 2.06. The Bertz CT molecular complexity index is 595. The van der Waals surface area contributed by atoms with Crippen molar-refractivity contribution in [1.82, 2.24) is 5.43 Å². The van der Waals surface area contributed by atoms with Gasteiger partial charge in [0.05, 0.1) is 10.6 Å². The molecule has 2 aromatic rings. The summed E-state index contributed by atoms with van der Waals surface area (Å²) >= 11 is 7.12. The molecule has 1 amide bonds. The van der Waals surface area contributed by atoms with Gasteiger partial charge in [0.2, 0.25) is 0 Å². The fourth-order valence-electron chi connectivity index (χ4n) is 1.26. The minimum atomic E-state index is -0.384. The van der Waals surface area contributed by atoms with Crippen molar-refractivity contribution >= 4 is 35.1 Å². The number of phenols is 1.